The van der Waals surface area contributed by atoms with Crippen LogP contribution in [0.5, 0.6) is 11.5 Å². The third-order valence-corrected chi connectivity index (χ3v) is 5.28. The molecule has 0 N–H and O–H groups in total. The van der Waals surface area contributed by atoms with Crippen LogP contribution >= 0.6 is 15.9 Å². The first-order chi connectivity index (χ1) is 11.9. The lowest BCUT2D eigenvalue weighted by Gasteiger charge is -2.23. The van der Waals surface area contributed by atoms with Gasteiger partial charge in [-0.25, -0.2) is 0 Å². The molecule has 2 aromatic rings. The van der Waals surface area contributed by atoms with Crippen molar-refractivity contribution >= 4 is 15.9 Å². The average Bonchev–Trinajstić information content (AvgIpc) is 2.57. The van der Waals surface area contributed by atoms with Crippen LogP contribution in [0, 0.1) is 27.7 Å². The van der Waals surface area contributed by atoms with E-state index in [9.17, 15) is 0 Å². The molecule has 0 unspecified atom stereocenters. The number of ether oxygens (including phenoxy) is 2. The van der Waals surface area contributed by atoms with E-state index in [1.165, 1.54) is 33.4 Å². The number of aryl methyl sites for hydroxylation is 4. The Labute approximate surface area is 160 Å². The van der Waals surface area contributed by atoms with Crippen LogP contribution in [0.4, 0.5) is 0 Å². The van der Waals surface area contributed by atoms with Crippen molar-refractivity contribution in [3.8, 4) is 11.5 Å². The maximum atomic E-state index is 5.75. The summed E-state index contributed by atoms with van der Waals surface area (Å²) in [4.78, 5) is 0. The van der Waals surface area contributed by atoms with Gasteiger partial charge < -0.3 is 9.47 Å². The highest BCUT2D eigenvalue weighted by molar-refractivity contribution is 9.09. The summed E-state index contributed by atoms with van der Waals surface area (Å²) in [7, 11) is 0. The molecular weight excluding hydrogens is 376 g/mol. The normalized spacial score (nSPS) is 11.0. The largest absolute Gasteiger partial charge is 0.494 e. The van der Waals surface area contributed by atoms with E-state index in [4.69, 9.17) is 9.47 Å². The molecule has 2 aromatic carbocycles. The SMILES string of the molecule is CCOc1cc(C)c(C(CBr)c2cc(C)c(OCC)cc2C)cc1C. The smallest absolute Gasteiger partial charge is 0.122 e. The van der Waals surface area contributed by atoms with Gasteiger partial charge in [-0.05, 0) is 87.1 Å². The number of alkyl halides is 1. The van der Waals surface area contributed by atoms with Crippen LogP contribution in [-0.4, -0.2) is 18.5 Å². The van der Waals surface area contributed by atoms with Gasteiger partial charge in [-0.3, -0.25) is 0 Å². The molecule has 25 heavy (non-hydrogen) atoms. The highest BCUT2D eigenvalue weighted by Gasteiger charge is 2.20. The molecule has 0 atom stereocenters. The molecule has 0 amide bonds. The lowest BCUT2D eigenvalue weighted by molar-refractivity contribution is 0.337. The second-order valence-electron chi connectivity index (χ2n) is 6.52. The molecule has 0 heterocycles. The fraction of sp³-hybridized carbons (Fsp3) is 0.455. The van der Waals surface area contributed by atoms with Gasteiger partial charge in [0.15, 0.2) is 0 Å². The van der Waals surface area contributed by atoms with Gasteiger partial charge >= 0.3 is 0 Å². The fourth-order valence-electron chi connectivity index (χ4n) is 3.33. The molecule has 0 spiro atoms. The van der Waals surface area contributed by atoms with Crippen molar-refractivity contribution in [2.24, 2.45) is 0 Å². The Hall–Kier alpha value is -1.48. The van der Waals surface area contributed by atoms with Gasteiger partial charge in [0.25, 0.3) is 0 Å². The fourth-order valence-corrected chi connectivity index (χ4v) is 4.03. The molecular formula is C22H29BrO2. The maximum Gasteiger partial charge on any atom is 0.122 e. The van der Waals surface area contributed by atoms with Crippen LogP contribution in [0.3, 0.4) is 0 Å². The summed E-state index contributed by atoms with van der Waals surface area (Å²) >= 11 is 3.74. The monoisotopic (exact) mass is 404 g/mol. The lowest BCUT2D eigenvalue weighted by atomic mass is 9.85. The number of hydrogen-bond donors (Lipinski definition) is 0. The van der Waals surface area contributed by atoms with Crippen molar-refractivity contribution in [2.75, 3.05) is 18.5 Å². The van der Waals surface area contributed by atoms with E-state index in [2.05, 4.69) is 67.9 Å². The van der Waals surface area contributed by atoms with E-state index >= 15 is 0 Å². The van der Waals surface area contributed by atoms with Crippen molar-refractivity contribution in [1.29, 1.82) is 0 Å². The lowest BCUT2D eigenvalue weighted by Crippen LogP contribution is -2.09. The van der Waals surface area contributed by atoms with Crippen molar-refractivity contribution in [2.45, 2.75) is 47.5 Å². The zero-order valence-electron chi connectivity index (χ0n) is 16.2. The molecule has 0 bridgehead atoms. The zero-order valence-corrected chi connectivity index (χ0v) is 17.8. The summed E-state index contributed by atoms with van der Waals surface area (Å²) < 4.78 is 11.5. The number of rotatable bonds is 7. The first kappa shape index (κ1) is 19.8. The first-order valence-corrected chi connectivity index (χ1v) is 10.1. The van der Waals surface area contributed by atoms with Gasteiger partial charge in [0.1, 0.15) is 11.5 Å². The Bertz CT molecular complexity index is 676. The molecule has 0 fully saturated rings. The minimum Gasteiger partial charge on any atom is -0.494 e. The maximum absolute atomic E-state index is 5.75. The van der Waals surface area contributed by atoms with Gasteiger partial charge in [-0.2, -0.15) is 0 Å². The minimum atomic E-state index is 0.309. The molecule has 0 aromatic heterocycles. The average molecular weight is 405 g/mol. The molecule has 0 aliphatic rings. The van der Waals surface area contributed by atoms with Crippen molar-refractivity contribution in [3.63, 3.8) is 0 Å². The van der Waals surface area contributed by atoms with Crippen LogP contribution in [0.15, 0.2) is 24.3 Å². The van der Waals surface area contributed by atoms with Crippen molar-refractivity contribution < 1.29 is 9.47 Å². The van der Waals surface area contributed by atoms with Crippen LogP contribution in [0.2, 0.25) is 0 Å². The van der Waals surface area contributed by atoms with Gasteiger partial charge in [0, 0.05) is 11.2 Å². The van der Waals surface area contributed by atoms with E-state index in [1.54, 1.807) is 0 Å². The first-order valence-electron chi connectivity index (χ1n) is 8.96. The van der Waals surface area contributed by atoms with Crippen LogP contribution < -0.4 is 9.47 Å². The number of halogens is 1. The predicted molar refractivity (Wildman–Crippen MR) is 110 cm³/mol. The Kier molecular flexibility index (Phi) is 6.95. The van der Waals surface area contributed by atoms with Crippen LogP contribution in [0.25, 0.3) is 0 Å². The highest BCUT2D eigenvalue weighted by atomic mass is 79.9. The molecule has 0 aliphatic carbocycles. The van der Waals surface area contributed by atoms with Crippen LogP contribution in [0.1, 0.15) is 53.1 Å². The summed E-state index contributed by atoms with van der Waals surface area (Å²) in [5, 5.41) is 0.884. The van der Waals surface area contributed by atoms with Gasteiger partial charge in [-0.1, -0.05) is 28.1 Å². The van der Waals surface area contributed by atoms with E-state index in [1.807, 2.05) is 13.8 Å². The molecule has 0 saturated carbocycles. The van der Waals surface area contributed by atoms with E-state index < -0.39 is 0 Å². The Morgan fingerprint density at radius 2 is 1.12 bits per heavy atom. The third kappa shape index (κ3) is 4.38. The summed E-state index contributed by atoms with van der Waals surface area (Å²) in [5.41, 5.74) is 7.62. The summed E-state index contributed by atoms with van der Waals surface area (Å²) in [6, 6.07) is 8.89. The van der Waals surface area contributed by atoms with E-state index in [0.717, 1.165) is 16.8 Å². The molecule has 0 aliphatic heterocycles. The highest BCUT2D eigenvalue weighted by Crippen LogP contribution is 2.36. The van der Waals surface area contributed by atoms with Gasteiger partial charge in [0.2, 0.25) is 0 Å². The van der Waals surface area contributed by atoms with Crippen molar-refractivity contribution in [3.05, 3.63) is 57.6 Å². The number of hydrogen-bond acceptors (Lipinski definition) is 2. The second kappa shape index (κ2) is 8.75. The third-order valence-electron chi connectivity index (χ3n) is 4.63. The molecule has 0 radical (unpaired) electrons. The van der Waals surface area contributed by atoms with Gasteiger partial charge in [0.05, 0.1) is 13.2 Å². The van der Waals surface area contributed by atoms with E-state index in [-0.39, 0.29) is 0 Å². The summed E-state index contributed by atoms with van der Waals surface area (Å²) in [6.45, 7) is 14.0. The summed E-state index contributed by atoms with van der Waals surface area (Å²) in [5.74, 6) is 2.28. The number of benzene rings is 2. The van der Waals surface area contributed by atoms with E-state index in [0.29, 0.717) is 19.1 Å². The molecule has 2 rings (SSSR count). The molecule has 0 saturated heterocycles. The Morgan fingerprint density at radius 3 is 1.44 bits per heavy atom. The molecule has 136 valence electrons. The summed E-state index contributed by atoms with van der Waals surface area (Å²) in [6.07, 6.45) is 0. The Balaban J connectivity index is 2.50. The predicted octanol–water partition coefficient (Wildman–Crippen LogP) is 6.24. The Morgan fingerprint density at radius 1 is 0.720 bits per heavy atom. The molecule has 3 heteroatoms. The zero-order chi connectivity index (χ0) is 18.6. The molecule has 2 nitrogen and oxygen atoms in total. The quantitative estimate of drug-likeness (QED) is 0.508. The van der Waals surface area contributed by atoms with Gasteiger partial charge in [-0.15, -0.1) is 0 Å². The topological polar surface area (TPSA) is 18.5 Å². The van der Waals surface area contributed by atoms with Crippen molar-refractivity contribution in [1.82, 2.24) is 0 Å². The van der Waals surface area contributed by atoms with Crippen LogP contribution in [-0.2, 0) is 0 Å². The minimum absolute atomic E-state index is 0.309. The second-order valence-corrected chi connectivity index (χ2v) is 7.17. The standard InChI is InChI=1S/C22H29BrO2/c1-7-24-21-11-14(3)18(9-16(21)5)20(13-23)19-10-17(6)22(25-8-2)12-15(19)4/h9-12,20H,7-8,13H2,1-6H3.